The summed E-state index contributed by atoms with van der Waals surface area (Å²) in [5, 5.41) is 10.6. The minimum Gasteiger partial charge on any atom is -0.465 e. The van der Waals surface area contributed by atoms with Gasteiger partial charge in [-0.05, 0) is 18.2 Å². The van der Waals surface area contributed by atoms with E-state index < -0.39 is 54.9 Å². The number of carbonyl (C=O) groups is 1. The molecule has 1 saturated heterocycles. The summed E-state index contributed by atoms with van der Waals surface area (Å²) in [5.74, 6) is -2.23. The molecule has 0 aromatic heterocycles. The van der Waals surface area contributed by atoms with E-state index in [0.29, 0.717) is 0 Å². The molecule has 3 atom stereocenters. The smallest absolute Gasteiger partial charge is 0.415 e. The highest BCUT2D eigenvalue weighted by atomic mass is 19.4. The number of aliphatic imine (C=N–C) groups is 1. The Balaban J connectivity index is 2.14. The maximum Gasteiger partial charge on any atom is 0.415 e. The Hall–Kier alpha value is -2.56. The third kappa shape index (κ3) is 2.95. The lowest BCUT2D eigenvalue weighted by atomic mass is 9.77. The molecular weight excluding hydrogens is 350 g/mol. The number of halogens is 4. The predicted octanol–water partition coefficient (Wildman–Crippen LogP) is 1.83. The average molecular weight is 363 g/mol. The van der Waals surface area contributed by atoms with E-state index in [9.17, 15) is 22.4 Å². The molecule has 0 spiro atoms. The van der Waals surface area contributed by atoms with Crippen LogP contribution >= 0.6 is 0 Å². The number of nitrogens with one attached hydrogen (secondary N) is 1. The van der Waals surface area contributed by atoms with Gasteiger partial charge in [-0.1, -0.05) is 0 Å². The van der Waals surface area contributed by atoms with Crippen molar-refractivity contribution < 1.29 is 36.9 Å². The van der Waals surface area contributed by atoms with Crippen molar-refractivity contribution in [3.63, 3.8) is 0 Å². The van der Waals surface area contributed by atoms with Crippen LogP contribution in [0.3, 0.4) is 0 Å². The van der Waals surface area contributed by atoms with Crippen molar-refractivity contribution in [3.05, 3.63) is 29.6 Å². The van der Waals surface area contributed by atoms with Gasteiger partial charge in [0, 0.05) is 11.3 Å². The van der Waals surface area contributed by atoms with Gasteiger partial charge in [0.05, 0.1) is 19.1 Å². The van der Waals surface area contributed by atoms with E-state index in [-0.39, 0.29) is 11.3 Å². The average Bonchev–Trinajstić information content (AvgIpc) is 2.88. The highest BCUT2D eigenvalue weighted by Gasteiger charge is 2.62. The molecule has 0 saturated carbocycles. The first-order valence-corrected chi connectivity index (χ1v) is 7.10. The second-order valence-corrected chi connectivity index (χ2v) is 5.70. The maximum atomic E-state index is 14.4. The van der Waals surface area contributed by atoms with Gasteiger partial charge in [-0.2, -0.15) is 13.2 Å². The molecule has 0 unspecified atom stereocenters. The molecular formula is C14H13F4N3O4. The van der Waals surface area contributed by atoms with Crippen LogP contribution in [0.15, 0.2) is 23.2 Å². The van der Waals surface area contributed by atoms with Crippen molar-refractivity contribution in [2.45, 2.75) is 17.8 Å². The highest BCUT2D eigenvalue weighted by molar-refractivity contribution is 5.90. The maximum absolute atomic E-state index is 14.4. The number of hydrogen-bond donors (Lipinski definition) is 3. The number of fused-ring (bicyclic) bond motifs is 1. The molecule has 3 rings (SSSR count). The SMILES string of the molecule is Nc1ccc(F)c([C@]23CO[C@H](C(F)(F)F)[C@H]2COC(NC(=O)O)=N3)c1. The minimum atomic E-state index is -4.72. The zero-order valence-corrected chi connectivity index (χ0v) is 12.5. The third-order valence-corrected chi connectivity index (χ3v) is 4.16. The number of amides is 1. The Morgan fingerprint density at radius 2 is 2.16 bits per heavy atom. The van der Waals surface area contributed by atoms with E-state index in [0.717, 1.165) is 12.1 Å². The van der Waals surface area contributed by atoms with Gasteiger partial charge < -0.3 is 20.3 Å². The first kappa shape index (κ1) is 17.3. The molecule has 25 heavy (non-hydrogen) atoms. The topological polar surface area (TPSA) is 106 Å². The van der Waals surface area contributed by atoms with Crippen LogP contribution in [0.4, 0.5) is 28.0 Å². The van der Waals surface area contributed by atoms with E-state index in [1.54, 1.807) is 0 Å². The first-order chi connectivity index (χ1) is 11.6. The van der Waals surface area contributed by atoms with Crippen LogP contribution in [0.5, 0.6) is 0 Å². The fraction of sp³-hybridized carbons (Fsp3) is 0.429. The zero-order valence-electron chi connectivity index (χ0n) is 12.5. The summed E-state index contributed by atoms with van der Waals surface area (Å²) < 4.78 is 63.9. The number of carboxylic acid groups (broad SMARTS) is 1. The number of nitrogens with zero attached hydrogens (tertiary/aromatic N) is 1. The quantitative estimate of drug-likeness (QED) is 0.521. The standard InChI is InChI=1S/C14H13F4N3O4/c15-9-2-1-6(19)3-7(9)13-5-25-10(14(16,17)18)8(13)4-24-11(21-13)20-12(22)23/h1-3,8,10H,4-5,19H2,(H,20,21)(H,22,23)/t8-,10+,13-/m1/s1. The lowest BCUT2D eigenvalue weighted by molar-refractivity contribution is -0.219. The van der Waals surface area contributed by atoms with Crippen LogP contribution in [0.25, 0.3) is 0 Å². The number of nitrogens with two attached hydrogens (primary N) is 1. The minimum absolute atomic E-state index is 0.120. The Bertz CT molecular complexity index is 739. The molecule has 2 aliphatic heterocycles. The van der Waals surface area contributed by atoms with E-state index in [4.69, 9.17) is 20.3 Å². The van der Waals surface area contributed by atoms with Crippen molar-refractivity contribution in [2.24, 2.45) is 10.9 Å². The summed E-state index contributed by atoms with van der Waals surface area (Å²) in [6.07, 6.45) is -8.48. The molecule has 1 aromatic carbocycles. The van der Waals surface area contributed by atoms with Crippen LogP contribution in [-0.2, 0) is 15.0 Å². The summed E-state index contributed by atoms with van der Waals surface area (Å²) in [4.78, 5) is 14.7. The molecule has 11 heteroatoms. The van der Waals surface area contributed by atoms with Crippen LogP contribution in [0.2, 0.25) is 0 Å². The Kier molecular flexibility index (Phi) is 3.98. The lowest BCUT2D eigenvalue weighted by Gasteiger charge is -2.36. The number of amidine groups is 1. The van der Waals surface area contributed by atoms with Gasteiger partial charge in [-0.3, -0.25) is 0 Å². The lowest BCUT2D eigenvalue weighted by Crippen LogP contribution is -2.50. The molecule has 4 N–H and O–H groups in total. The molecule has 2 aliphatic rings. The van der Waals surface area contributed by atoms with E-state index in [1.165, 1.54) is 6.07 Å². The normalized spacial score (nSPS) is 28.7. The summed E-state index contributed by atoms with van der Waals surface area (Å²) in [6.45, 7) is -1.16. The molecule has 0 bridgehead atoms. The molecule has 0 radical (unpaired) electrons. The Morgan fingerprint density at radius 3 is 2.80 bits per heavy atom. The monoisotopic (exact) mass is 363 g/mol. The van der Waals surface area contributed by atoms with Crippen LogP contribution in [0.1, 0.15) is 5.56 Å². The molecule has 1 fully saturated rings. The van der Waals surface area contributed by atoms with Gasteiger partial charge in [-0.25, -0.2) is 19.5 Å². The van der Waals surface area contributed by atoms with Gasteiger partial charge in [0.2, 0.25) is 0 Å². The number of ether oxygens (including phenoxy) is 2. The van der Waals surface area contributed by atoms with Crippen molar-refractivity contribution in [2.75, 3.05) is 18.9 Å². The number of hydrogen-bond acceptors (Lipinski definition) is 5. The van der Waals surface area contributed by atoms with Gasteiger partial charge in [0.25, 0.3) is 6.02 Å². The third-order valence-electron chi connectivity index (χ3n) is 4.16. The second-order valence-electron chi connectivity index (χ2n) is 5.70. The second kappa shape index (κ2) is 5.76. The van der Waals surface area contributed by atoms with Gasteiger partial charge in [0.1, 0.15) is 11.4 Å². The highest BCUT2D eigenvalue weighted by Crippen LogP contribution is 2.50. The van der Waals surface area contributed by atoms with Crippen molar-refractivity contribution in [1.82, 2.24) is 5.32 Å². The molecule has 1 amide bonds. The Morgan fingerprint density at radius 1 is 1.44 bits per heavy atom. The van der Waals surface area contributed by atoms with Crippen LogP contribution < -0.4 is 11.1 Å². The van der Waals surface area contributed by atoms with Gasteiger partial charge >= 0.3 is 12.3 Å². The van der Waals surface area contributed by atoms with E-state index in [1.807, 2.05) is 5.32 Å². The molecule has 1 aromatic rings. The van der Waals surface area contributed by atoms with Crippen molar-refractivity contribution in [3.8, 4) is 0 Å². The number of nitrogen functional groups attached to an aromatic ring is 1. The number of alkyl halides is 3. The van der Waals surface area contributed by atoms with Crippen molar-refractivity contribution in [1.29, 1.82) is 0 Å². The molecule has 2 heterocycles. The molecule has 136 valence electrons. The number of anilines is 1. The molecule has 0 aliphatic carbocycles. The first-order valence-electron chi connectivity index (χ1n) is 7.10. The summed E-state index contributed by atoms with van der Waals surface area (Å²) >= 11 is 0. The van der Waals surface area contributed by atoms with Gasteiger partial charge in [-0.15, -0.1) is 0 Å². The van der Waals surface area contributed by atoms with Gasteiger partial charge in [0.15, 0.2) is 6.10 Å². The summed E-state index contributed by atoms with van der Waals surface area (Å²) in [7, 11) is 0. The van der Waals surface area contributed by atoms with Crippen LogP contribution in [0, 0.1) is 11.7 Å². The van der Waals surface area contributed by atoms with Crippen molar-refractivity contribution >= 4 is 17.8 Å². The number of benzene rings is 1. The van der Waals surface area contributed by atoms with E-state index in [2.05, 4.69) is 4.99 Å². The summed E-state index contributed by atoms with van der Waals surface area (Å²) in [5.41, 5.74) is 3.73. The Labute approximate surface area is 138 Å². The zero-order chi connectivity index (χ0) is 18.4. The predicted molar refractivity (Wildman–Crippen MR) is 76.3 cm³/mol. The largest absolute Gasteiger partial charge is 0.465 e. The molecule has 7 nitrogen and oxygen atoms in total. The fourth-order valence-corrected chi connectivity index (χ4v) is 3.10. The van der Waals surface area contributed by atoms with E-state index >= 15 is 0 Å². The fourth-order valence-electron chi connectivity index (χ4n) is 3.10. The summed E-state index contributed by atoms with van der Waals surface area (Å²) in [6, 6.07) is 2.89. The number of rotatable bonds is 1. The van der Waals surface area contributed by atoms with Crippen LogP contribution in [-0.4, -0.2) is 42.7 Å².